The summed E-state index contributed by atoms with van der Waals surface area (Å²) in [7, 11) is 1.63. The summed E-state index contributed by atoms with van der Waals surface area (Å²) >= 11 is 0. The van der Waals surface area contributed by atoms with Crippen LogP contribution in [-0.4, -0.2) is 33.3 Å². The van der Waals surface area contributed by atoms with E-state index >= 15 is 0 Å². The summed E-state index contributed by atoms with van der Waals surface area (Å²) < 4.78 is 5.09. The van der Waals surface area contributed by atoms with Crippen molar-refractivity contribution in [3.63, 3.8) is 0 Å². The molecule has 0 saturated carbocycles. The van der Waals surface area contributed by atoms with Gasteiger partial charge in [-0.05, 0) is 29.8 Å². The molecule has 3 rings (SSSR count). The van der Waals surface area contributed by atoms with Crippen LogP contribution in [0, 0.1) is 0 Å². The van der Waals surface area contributed by atoms with Gasteiger partial charge in [-0.15, -0.1) is 0 Å². The van der Waals surface area contributed by atoms with Crippen LogP contribution in [0.25, 0.3) is 11.2 Å². The van der Waals surface area contributed by atoms with E-state index in [1.165, 1.54) is 6.33 Å². The molecule has 0 aliphatic heterocycles. The summed E-state index contributed by atoms with van der Waals surface area (Å²) in [6.07, 6.45) is 4.70. The Labute approximate surface area is 114 Å². The van der Waals surface area contributed by atoms with E-state index in [0.717, 1.165) is 16.8 Å². The van der Waals surface area contributed by atoms with Gasteiger partial charge in [0.2, 0.25) is 0 Å². The molecule has 0 radical (unpaired) electrons. The molecular weight excluding hydrogens is 256 g/mol. The van der Waals surface area contributed by atoms with Crippen molar-refractivity contribution >= 4 is 23.2 Å². The number of hydrazone groups is 1. The minimum atomic E-state index is 0.581. The first kappa shape index (κ1) is 12.1. The first-order chi connectivity index (χ1) is 9.86. The van der Waals surface area contributed by atoms with Crippen molar-refractivity contribution in [2.24, 2.45) is 5.10 Å². The number of hydrogen-bond donors (Lipinski definition) is 2. The summed E-state index contributed by atoms with van der Waals surface area (Å²) in [6, 6.07) is 7.57. The van der Waals surface area contributed by atoms with E-state index in [0.29, 0.717) is 11.5 Å². The highest BCUT2D eigenvalue weighted by molar-refractivity contribution is 5.84. The van der Waals surface area contributed by atoms with Gasteiger partial charge in [0.05, 0.1) is 19.7 Å². The number of imidazole rings is 1. The lowest BCUT2D eigenvalue weighted by Crippen LogP contribution is -1.95. The number of hydrogen-bond acceptors (Lipinski definition) is 6. The van der Waals surface area contributed by atoms with Gasteiger partial charge in [-0.2, -0.15) is 5.10 Å². The third-order valence-corrected chi connectivity index (χ3v) is 2.72. The average molecular weight is 268 g/mol. The van der Waals surface area contributed by atoms with Crippen LogP contribution in [0.4, 0.5) is 5.82 Å². The number of rotatable bonds is 4. The van der Waals surface area contributed by atoms with Gasteiger partial charge in [-0.1, -0.05) is 0 Å². The smallest absolute Gasteiger partial charge is 0.182 e. The third-order valence-electron chi connectivity index (χ3n) is 2.72. The topological polar surface area (TPSA) is 88.1 Å². The van der Waals surface area contributed by atoms with Gasteiger partial charge in [-0.3, -0.25) is 5.43 Å². The van der Waals surface area contributed by atoms with Crippen molar-refractivity contribution in [2.45, 2.75) is 0 Å². The summed E-state index contributed by atoms with van der Waals surface area (Å²) in [4.78, 5) is 15.2. The molecule has 20 heavy (non-hydrogen) atoms. The Hall–Kier alpha value is -2.96. The van der Waals surface area contributed by atoms with E-state index in [-0.39, 0.29) is 0 Å². The Kier molecular flexibility index (Phi) is 3.24. The Morgan fingerprint density at radius 1 is 1.20 bits per heavy atom. The van der Waals surface area contributed by atoms with Crippen LogP contribution in [0.1, 0.15) is 5.56 Å². The number of aromatic amines is 1. The van der Waals surface area contributed by atoms with Gasteiger partial charge in [0.1, 0.15) is 17.6 Å². The van der Waals surface area contributed by atoms with Crippen LogP contribution < -0.4 is 10.2 Å². The zero-order valence-corrected chi connectivity index (χ0v) is 10.7. The minimum absolute atomic E-state index is 0.581. The average Bonchev–Trinajstić information content (AvgIpc) is 2.97. The van der Waals surface area contributed by atoms with Crippen molar-refractivity contribution in [3.05, 3.63) is 42.5 Å². The molecule has 0 fully saturated rings. The number of anilines is 1. The molecule has 3 aromatic rings. The molecule has 0 aliphatic rings. The van der Waals surface area contributed by atoms with Gasteiger partial charge in [-0.25, -0.2) is 15.0 Å². The van der Waals surface area contributed by atoms with Crippen LogP contribution in [0.3, 0.4) is 0 Å². The van der Waals surface area contributed by atoms with Crippen molar-refractivity contribution in [3.8, 4) is 5.75 Å². The lowest BCUT2D eigenvalue weighted by atomic mass is 10.2. The predicted molar refractivity (Wildman–Crippen MR) is 75.9 cm³/mol. The number of H-pyrrole nitrogens is 1. The monoisotopic (exact) mass is 268 g/mol. The Balaban J connectivity index is 1.75. The van der Waals surface area contributed by atoms with Crippen LogP contribution in [0.2, 0.25) is 0 Å². The Bertz CT molecular complexity index is 734. The fraction of sp³-hybridized carbons (Fsp3) is 0.0769. The summed E-state index contributed by atoms with van der Waals surface area (Å²) in [6.45, 7) is 0. The normalized spacial score (nSPS) is 11.1. The highest BCUT2D eigenvalue weighted by atomic mass is 16.5. The van der Waals surface area contributed by atoms with Gasteiger partial charge in [0.25, 0.3) is 0 Å². The second-order valence-corrected chi connectivity index (χ2v) is 3.97. The van der Waals surface area contributed by atoms with Gasteiger partial charge in [0, 0.05) is 0 Å². The number of nitrogens with one attached hydrogen (secondary N) is 2. The van der Waals surface area contributed by atoms with Crippen LogP contribution in [0.5, 0.6) is 5.75 Å². The lowest BCUT2D eigenvalue weighted by molar-refractivity contribution is 0.415. The fourth-order valence-corrected chi connectivity index (χ4v) is 1.71. The molecule has 0 spiro atoms. The number of nitrogens with zero attached hydrogens (tertiary/aromatic N) is 4. The maximum atomic E-state index is 5.09. The second kappa shape index (κ2) is 5.35. The standard InChI is InChI=1S/C13H12N6O/c1-20-10-4-2-9(3-5-10)6-18-19-13-11-12(15-7-14-11)16-8-17-13/h2-8H,1H3,(H2,14,15,16,17,19)/b18-6-. The summed E-state index contributed by atoms with van der Waals surface area (Å²) in [5.41, 5.74) is 5.14. The molecule has 2 heterocycles. The molecule has 0 amide bonds. The molecule has 0 atom stereocenters. The Morgan fingerprint density at radius 3 is 2.85 bits per heavy atom. The summed E-state index contributed by atoms with van der Waals surface area (Å²) in [5, 5.41) is 4.14. The quantitative estimate of drug-likeness (QED) is 0.556. The molecule has 0 saturated heterocycles. The third kappa shape index (κ3) is 2.41. The first-order valence-corrected chi connectivity index (χ1v) is 5.94. The number of ether oxygens (including phenoxy) is 1. The van der Waals surface area contributed by atoms with Crippen molar-refractivity contribution in [1.82, 2.24) is 19.9 Å². The van der Waals surface area contributed by atoms with E-state index in [9.17, 15) is 0 Å². The number of benzene rings is 1. The van der Waals surface area contributed by atoms with Gasteiger partial charge in [0.15, 0.2) is 11.5 Å². The van der Waals surface area contributed by atoms with Crippen molar-refractivity contribution < 1.29 is 4.74 Å². The molecule has 0 aliphatic carbocycles. The molecule has 7 nitrogen and oxygen atoms in total. The van der Waals surface area contributed by atoms with Crippen LogP contribution >= 0.6 is 0 Å². The maximum absolute atomic E-state index is 5.09. The largest absolute Gasteiger partial charge is 0.497 e. The molecule has 2 N–H and O–H groups in total. The van der Waals surface area contributed by atoms with Crippen molar-refractivity contribution in [2.75, 3.05) is 12.5 Å². The Morgan fingerprint density at radius 2 is 2.05 bits per heavy atom. The molecule has 2 aromatic heterocycles. The van der Waals surface area contributed by atoms with E-state index in [1.54, 1.807) is 19.7 Å². The number of fused-ring (bicyclic) bond motifs is 1. The van der Waals surface area contributed by atoms with E-state index < -0.39 is 0 Å². The van der Waals surface area contributed by atoms with E-state index in [4.69, 9.17) is 4.74 Å². The van der Waals surface area contributed by atoms with E-state index in [1.807, 2.05) is 24.3 Å². The first-order valence-electron chi connectivity index (χ1n) is 5.94. The highest BCUT2D eigenvalue weighted by Crippen LogP contribution is 2.14. The summed E-state index contributed by atoms with van der Waals surface area (Å²) in [5.74, 6) is 1.39. The van der Waals surface area contributed by atoms with Crippen LogP contribution in [-0.2, 0) is 0 Å². The second-order valence-electron chi connectivity index (χ2n) is 3.97. The lowest BCUT2D eigenvalue weighted by Gasteiger charge is -2.00. The zero-order valence-electron chi connectivity index (χ0n) is 10.7. The predicted octanol–water partition coefficient (Wildman–Crippen LogP) is 1.81. The van der Waals surface area contributed by atoms with Gasteiger partial charge < -0.3 is 9.72 Å². The molecule has 1 aromatic carbocycles. The molecule has 0 unspecified atom stereocenters. The number of aromatic nitrogens is 4. The van der Waals surface area contributed by atoms with E-state index in [2.05, 4.69) is 30.5 Å². The molecular formula is C13H12N6O. The minimum Gasteiger partial charge on any atom is -0.497 e. The van der Waals surface area contributed by atoms with Gasteiger partial charge >= 0.3 is 0 Å². The maximum Gasteiger partial charge on any atom is 0.182 e. The zero-order chi connectivity index (χ0) is 13.8. The van der Waals surface area contributed by atoms with Crippen LogP contribution in [0.15, 0.2) is 42.0 Å². The molecule has 0 bridgehead atoms. The highest BCUT2D eigenvalue weighted by Gasteiger charge is 2.03. The fourth-order valence-electron chi connectivity index (χ4n) is 1.71. The van der Waals surface area contributed by atoms with Crippen molar-refractivity contribution in [1.29, 1.82) is 0 Å². The SMILES string of the molecule is COc1ccc(/C=N\Nc2ncnc3nc[nH]c23)cc1. The molecule has 7 heteroatoms. The number of methoxy groups -OCH3 is 1. The molecule has 100 valence electrons.